The molecule has 0 radical (unpaired) electrons. The first-order chi connectivity index (χ1) is 9.66. The van der Waals surface area contributed by atoms with Crippen molar-refractivity contribution in [3.63, 3.8) is 0 Å². The van der Waals surface area contributed by atoms with Crippen molar-refractivity contribution in [3.05, 3.63) is 53.3 Å². The maximum Gasteiger partial charge on any atom is 0.176 e. The highest BCUT2D eigenvalue weighted by molar-refractivity contribution is 6.31. The summed E-state index contributed by atoms with van der Waals surface area (Å²) < 4.78 is 5.38. The molecular weight excluding hydrogens is 274 g/mol. The molecule has 3 aromatic rings. The first kappa shape index (κ1) is 12.7. The lowest BCUT2D eigenvalue weighted by Crippen LogP contribution is -1.89. The van der Waals surface area contributed by atoms with Gasteiger partial charge < -0.3 is 10.3 Å². The number of nitrogens with two attached hydrogens (primary N) is 1. The van der Waals surface area contributed by atoms with Gasteiger partial charge in [-0.25, -0.2) is 0 Å². The van der Waals surface area contributed by atoms with Gasteiger partial charge in [-0.1, -0.05) is 28.9 Å². The Balaban J connectivity index is 2.18. The molecule has 0 saturated heterocycles. The summed E-state index contributed by atoms with van der Waals surface area (Å²) in [4.78, 5) is 4.00. The van der Waals surface area contributed by atoms with E-state index in [1.807, 2.05) is 37.3 Å². The van der Waals surface area contributed by atoms with Crippen molar-refractivity contribution in [2.24, 2.45) is 0 Å². The average molecular weight is 286 g/mol. The maximum absolute atomic E-state index is 6.17. The van der Waals surface area contributed by atoms with E-state index in [9.17, 15) is 0 Å². The monoisotopic (exact) mass is 285 g/mol. The van der Waals surface area contributed by atoms with E-state index in [4.69, 9.17) is 21.9 Å². The van der Waals surface area contributed by atoms with E-state index in [2.05, 4.69) is 10.1 Å². The third-order valence-corrected chi connectivity index (χ3v) is 3.53. The van der Waals surface area contributed by atoms with Gasteiger partial charge in [-0.3, -0.25) is 4.98 Å². The quantitative estimate of drug-likeness (QED) is 0.774. The van der Waals surface area contributed by atoms with Crippen molar-refractivity contribution in [2.45, 2.75) is 6.92 Å². The standard InChI is InChI=1S/C15H12ClN3O/c1-9-2-3-11(8-12(9)16)14-13(15(17)19-20-14)10-4-6-18-7-5-10/h2-8H,1H3,(H2,17,19). The molecule has 0 aliphatic rings. The molecule has 5 heteroatoms. The van der Waals surface area contributed by atoms with Crippen molar-refractivity contribution < 1.29 is 4.52 Å². The fourth-order valence-electron chi connectivity index (χ4n) is 2.03. The third kappa shape index (κ3) is 2.14. The van der Waals surface area contributed by atoms with Crippen LogP contribution in [0.25, 0.3) is 22.5 Å². The number of aromatic nitrogens is 2. The van der Waals surface area contributed by atoms with Crippen LogP contribution in [0.1, 0.15) is 5.56 Å². The Morgan fingerprint density at radius 2 is 1.85 bits per heavy atom. The van der Waals surface area contributed by atoms with E-state index in [1.54, 1.807) is 12.4 Å². The molecule has 0 saturated carbocycles. The predicted molar refractivity (Wildman–Crippen MR) is 79.3 cm³/mol. The molecule has 0 bridgehead atoms. The number of benzene rings is 1. The van der Waals surface area contributed by atoms with Crippen LogP contribution in [-0.4, -0.2) is 10.1 Å². The lowest BCUT2D eigenvalue weighted by Gasteiger charge is -2.04. The second-order valence-electron chi connectivity index (χ2n) is 4.47. The van der Waals surface area contributed by atoms with E-state index in [1.165, 1.54) is 0 Å². The number of nitrogens with zero attached hydrogens (tertiary/aromatic N) is 2. The summed E-state index contributed by atoms with van der Waals surface area (Å²) in [7, 11) is 0. The largest absolute Gasteiger partial charge is 0.380 e. The average Bonchev–Trinajstić information content (AvgIpc) is 2.85. The fraction of sp³-hybridized carbons (Fsp3) is 0.0667. The van der Waals surface area contributed by atoms with Crippen LogP contribution in [0.15, 0.2) is 47.2 Å². The summed E-state index contributed by atoms with van der Waals surface area (Å²) in [6.45, 7) is 1.95. The Morgan fingerprint density at radius 3 is 2.55 bits per heavy atom. The Kier molecular flexibility index (Phi) is 3.16. The van der Waals surface area contributed by atoms with Gasteiger partial charge in [0, 0.05) is 23.0 Å². The maximum atomic E-state index is 6.17. The van der Waals surface area contributed by atoms with Gasteiger partial charge in [-0.15, -0.1) is 0 Å². The Hall–Kier alpha value is -2.33. The summed E-state index contributed by atoms with van der Waals surface area (Å²) in [6, 6.07) is 9.45. The van der Waals surface area contributed by atoms with E-state index in [-0.39, 0.29) is 0 Å². The van der Waals surface area contributed by atoms with Crippen molar-refractivity contribution in [3.8, 4) is 22.5 Å². The lowest BCUT2D eigenvalue weighted by molar-refractivity contribution is 0.436. The van der Waals surface area contributed by atoms with Crippen LogP contribution in [0, 0.1) is 6.92 Å². The molecule has 0 aliphatic carbocycles. The van der Waals surface area contributed by atoms with Crippen molar-refractivity contribution in [2.75, 3.05) is 5.73 Å². The number of halogens is 1. The minimum absolute atomic E-state index is 0.350. The van der Waals surface area contributed by atoms with Crippen LogP contribution in [0.4, 0.5) is 5.82 Å². The Labute approximate surface area is 121 Å². The molecule has 2 N–H and O–H groups in total. The number of nitrogen functional groups attached to an aromatic ring is 1. The summed E-state index contributed by atoms with van der Waals surface area (Å²) in [6.07, 6.45) is 3.40. The number of hydrogen-bond acceptors (Lipinski definition) is 4. The summed E-state index contributed by atoms with van der Waals surface area (Å²) in [5.74, 6) is 0.957. The highest BCUT2D eigenvalue weighted by Gasteiger charge is 2.18. The molecule has 0 unspecified atom stereocenters. The molecule has 0 spiro atoms. The molecule has 0 amide bonds. The van der Waals surface area contributed by atoms with Gasteiger partial charge in [0.15, 0.2) is 11.6 Å². The zero-order valence-corrected chi connectivity index (χ0v) is 11.6. The van der Waals surface area contributed by atoms with Crippen LogP contribution in [-0.2, 0) is 0 Å². The number of rotatable bonds is 2. The lowest BCUT2D eigenvalue weighted by atomic mass is 10.0. The predicted octanol–water partition coefficient (Wildman–Crippen LogP) is 3.95. The van der Waals surface area contributed by atoms with E-state index >= 15 is 0 Å². The van der Waals surface area contributed by atoms with Crippen LogP contribution < -0.4 is 5.73 Å². The number of anilines is 1. The fourth-order valence-corrected chi connectivity index (χ4v) is 2.21. The van der Waals surface area contributed by atoms with E-state index < -0.39 is 0 Å². The summed E-state index contributed by atoms with van der Waals surface area (Å²) in [5, 5.41) is 4.54. The summed E-state index contributed by atoms with van der Waals surface area (Å²) in [5.41, 5.74) is 9.44. The molecule has 4 nitrogen and oxygen atoms in total. The molecule has 0 atom stereocenters. The SMILES string of the molecule is Cc1ccc(-c2onc(N)c2-c2ccncc2)cc1Cl. The smallest absolute Gasteiger partial charge is 0.176 e. The Morgan fingerprint density at radius 1 is 1.10 bits per heavy atom. The van der Waals surface area contributed by atoms with Gasteiger partial charge >= 0.3 is 0 Å². The van der Waals surface area contributed by atoms with Gasteiger partial charge in [0.2, 0.25) is 0 Å². The topological polar surface area (TPSA) is 64.9 Å². The van der Waals surface area contributed by atoms with Gasteiger partial charge in [0.1, 0.15) is 0 Å². The van der Waals surface area contributed by atoms with Gasteiger partial charge in [-0.2, -0.15) is 0 Å². The number of hydrogen-bond donors (Lipinski definition) is 1. The normalized spacial score (nSPS) is 10.7. The molecule has 2 heterocycles. The highest BCUT2D eigenvalue weighted by atomic mass is 35.5. The molecular formula is C15H12ClN3O. The zero-order valence-electron chi connectivity index (χ0n) is 10.8. The number of aryl methyl sites for hydroxylation is 1. The minimum Gasteiger partial charge on any atom is -0.380 e. The highest BCUT2D eigenvalue weighted by Crippen LogP contribution is 2.37. The molecule has 2 aromatic heterocycles. The van der Waals surface area contributed by atoms with Crippen molar-refractivity contribution in [1.29, 1.82) is 0 Å². The zero-order chi connectivity index (χ0) is 14.1. The molecule has 1 aromatic carbocycles. The molecule has 20 heavy (non-hydrogen) atoms. The van der Waals surface area contributed by atoms with Crippen molar-refractivity contribution >= 4 is 17.4 Å². The van der Waals surface area contributed by atoms with Crippen LogP contribution >= 0.6 is 11.6 Å². The number of pyridine rings is 1. The van der Waals surface area contributed by atoms with Crippen LogP contribution in [0.2, 0.25) is 5.02 Å². The van der Waals surface area contributed by atoms with Gasteiger partial charge in [0.05, 0.1) is 5.56 Å². The molecule has 0 fully saturated rings. The van der Waals surface area contributed by atoms with E-state index in [0.29, 0.717) is 16.6 Å². The summed E-state index contributed by atoms with van der Waals surface area (Å²) >= 11 is 6.17. The van der Waals surface area contributed by atoms with Crippen LogP contribution in [0.3, 0.4) is 0 Å². The first-order valence-electron chi connectivity index (χ1n) is 6.09. The second-order valence-corrected chi connectivity index (χ2v) is 4.88. The minimum atomic E-state index is 0.350. The molecule has 0 aliphatic heterocycles. The Bertz CT molecular complexity index is 753. The molecule has 3 rings (SSSR count). The molecule has 100 valence electrons. The van der Waals surface area contributed by atoms with Gasteiger partial charge in [0.25, 0.3) is 0 Å². The second kappa shape index (κ2) is 4.98. The van der Waals surface area contributed by atoms with Crippen molar-refractivity contribution in [1.82, 2.24) is 10.1 Å². The van der Waals surface area contributed by atoms with Crippen LogP contribution in [0.5, 0.6) is 0 Å². The first-order valence-corrected chi connectivity index (χ1v) is 6.46. The van der Waals surface area contributed by atoms with Gasteiger partial charge in [-0.05, 0) is 36.2 Å². The third-order valence-electron chi connectivity index (χ3n) is 3.12. The van der Waals surface area contributed by atoms with E-state index in [0.717, 1.165) is 22.3 Å².